The number of nitrogens with zero attached hydrogens (tertiary/aromatic N) is 4. The molecule has 1 fully saturated rings. The van der Waals surface area contributed by atoms with Crippen LogP contribution in [0.1, 0.15) is 23.0 Å². The molecule has 0 radical (unpaired) electrons. The summed E-state index contributed by atoms with van der Waals surface area (Å²) in [6, 6.07) is 20.3. The number of aromatic nitrogens is 2. The number of rotatable bonds is 6. The van der Waals surface area contributed by atoms with Gasteiger partial charge >= 0.3 is 0 Å². The van der Waals surface area contributed by atoms with E-state index in [1.807, 2.05) is 36.1 Å². The lowest BCUT2D eigenvalue weighted by atomic mass is 10.1. The Bertz CT molecular complexity index is 1540. The third-order valence-corrected chi connectivity index (χ3v) is 6.90. The van der Waals surface area contributed by atoms with E-state index in [0.717, 1.165) is 36.7 Å². The third-order valence-electron chi connectivity index (χ3n) is 6.90. The van der Waals surface area contributed by atoms with E-state index in [1.54, 1.807) is 42.5 Å². The second-order valence-electron chi connectivity index (χ2n) is 9.29. The fourth-order valence-electron chi connectivity index (χ4n) is 4.93. The molecule has 0 bridgehead atoms. The van der Waals surface area contributed by atoms with Gasteiger partial charge in [-0.1, -0.05) is 24.3 Å². The number of benzene rings is 3. The summed E-state index contributed by atoms with van der Waals surface area (Å²) in [6.45, 7) is 6.10. The van der Waals surface area contributed by atoms with Gasteiger partial charge in [0.05, 0.1) is 17.7 Å². The Morgan fingerprint density at radius 2 is 1.66 bits per heavy atom. The number of hydrogen-bond donors (Lipinski definition) is 0. The zero-order chi connectivity index (χ0) is 26.1. The van der Waals surface area contributed by atoms with Crippen molar-refractivity contribution in [3.63, 3.8) is 0 Å². The van der Waals surface area contributed by atoms with E-state index in [-0.39, 0.29) is 24.0 Å². The van der Waals surface area contributed by atoms with Crippen molar-refractivity contribution < 1.29 is 19.0 Å². The molecule has 2 aliphatic rings. The van der Waals surface area contributed by atoms with E-state index >= 15 is 0 Å². The first kappa shape index (κ1) is 24.0. The molecule has 1 amide bonds. The van der Waals surface area contributed by atoms with Gasteiger partial charge in [0.15, 0.2) is 17.2 Å². The molecule has 4 aromatic rings. The summed E-state index contributed by atoms with van der Waals surface area (Å²) in [6.07, 6.45) is 0. The molecule has 2 aliphatic heterocycles. The highest BCUT2D eigenvalue weighted by molar-refractivity contribution is 6.04. The van der Waals surface area contributed by atoms with E-state index in [1.165, 1.54) is 4.68 Å². The molecule has 6 rings (SSSR count). The molecule has 9 nitrogen and oxygen atoms in total. The first-order chi connectivity index (χ1) is 18.6. The highest BCUT2D eigenvalue weighted by Gasteiger charge is 2.26. The largest absolute Gasteiger partial charge is 0.494 e. The van der Waals surface area contributed by atoms with Crippen LogP contribution in [0.25, 0.3) is 16.5 Å². The van der Waals surface area contributed by atoms with Crippen LogP contribution in [0.5, 0.6) is 17.2 Å². The summed E-state index contributed by atoms with van der Waals surface area (Å²) in [7, 11) is 0. The van der Waals surface area contributed by atoms with Gasteiger partial charge in [-0.2, -0.15) is 9.78 Å². The minimum Gasteiger partial charge on any atom is -0.494 e. The average molecular weight is 513 g/mol. The van der Waals surface area contributed by atoms with Crippen LogP contribution in [-0.2, 0) is 6.54 Å². The number of amides is 1. The Labute approximate surface area is 219 Å². The molecule has 0 saturated carbocycles. The van der Waals surface area contributed by atoms with Crippen molar-refractivity contribution in [2.24, 2.45) is 0 Å². The maximum atomic E-state index is 13.7. The fourth-order valence-corrected chi connectivity index (χ4v) is 4.93. The number of piperazine rings is 1. The lowest BCUT2D eigenvalue weighted by Gasteiger charge is -2.34. The second kappa shape index (κ2) is 10.2. The van der Waals surface area contributed by atoms with Gasteiger partial charge in [-0.15, -0.1) is 0 Å². The highest BCUT2D eigenvalue weighted by Crippen LogP contribution is 2.33. The SMILES string of the molecule is CCOc1ccc(-n2nc(C(=O)N3CCN(Cc4ccc5c(c4)OCO5)CC3)c3ccccc3c2=O)cc1. The van der Waals surface area contributed by atoms with Crippen molar-refractivity contribution in [3.8, 4) is 22.9 Å². The van der Waals surface area contributed by atoms with Gasteiger partial charge in [0.1, 0.15) is 5.75 Å². The van der Waals surface area contributed by atoms with Crippen LogP contribution in [0, 0.1) is 0 Å². The molecule has 194 valence electrons. The molecule has 38 heavy (non-hydrogen) atoms. The molecule has 0 aliphatic carbocycles. The molecule has 0 atom stereocenters. The van der Waals surface area contributed by atoms with E-state index in [2.05, 4.69) is 10.00 Å². The number of carbonyl (C=O) groups is 1. The van der Waals surface area contributed by atoms with Gasteiger partial charge in [0.2, 0.25) is 6.79 Å². The molecular weight excluding hydrogens is 484 g/mol. The molecule has 0 N–H and O–H groups in total. The average Bonchev–Trinajstić information content (AvgIpc) is 3.42. The lowest BCUT2D eigenvalue weighted by molar-refractivity contribution is 0.0623. The Morgan fingerprint density at radius 3 is 2.42 bits per heavy atom. The maximum absolute atomic E-state index is 13.7. The van der Waals surface area contributed by atoms with Crippen molar-refractivity contribution in [2.45, 2.75) is 13.5 Å². The van der Waals surface area contributed by atoms with Gasteiger partial charge in [0, 0.05) is 38.1 Å². The first-order valence-corrected chi connectivity index (χ1v) is 12.8. The summed E-state index contributed by atoms with van der Waals surface area (Å²) >= 11 is 0. The van der Waals surface area contributed by atoms with Crippen molar-refractivity contribution >= 4 is 16.7 Å². The predicted octanol–water partition coefficient (Wildman–Crippen LogP) is 3.47. The fraction of sp³-hybridized carbons (Fsp3) is 0.276. The topological polar surface area (TPSA) is 86.1 Å². The molecule has 9 heteroatoms. The van der Waals surface area contributed by atoms with Crippen LogP contribution in [0.2, 0.25) is 0 Å². The Kier molecular flexibility index (Phi) is 6.43. The molecule has 3 aromatic carbocycles. The number of hydrogen-bond acceptors (Lipinski definition) is 7. The van der Waals surface area contributed by atoms with Gasteiger partial charge in [-0.3, -0.25) is 14.5 Å². The summed E-state index contributed by atoms with van der Waals surface area (Å²) in [5.41, 5.74) is 1.73. The molecular formula is C29H28N4O5. The standard InChI is InChI=1S/C29H28N4O5/c1-2-36-22-10-8-21(9-11-22)33-28(34)24-6-4-3-5-23(24)27(30-33)29(35)32-15-13-31(14-16-32)18-20-7-12-25-26(17-20)38-19-37-25/h3-12,17H,2,13-16,18-19H2,1H3. The van der Waals surface area contributed by atoms with Crippen LogP contribution in [-0.4, -0.2) is 65.1 Å². The van der Waals surface area contributed by atoms with Crippen LogP contribution < -0.4 is 19.8 Å². The Morgan fingerprint density at radius 1 is 0.921 bits per heavy atom. The summed E-state index contributed by atoms with van der Waals surface area (Å²) in [5, 5.41) is 5.60. The minimum absolute atomic E-state index is 0.177. The molecule has 0 unspecified atom stereocenters. The quantitative estimate of drug-likeness (QED) is 0.391. The normalized spacial score (nSPS) is 15.1. The van der Waals surface area contributed by atoms with Crippen LogP contribution in [0.4, 0.5) is 0 Å². The van der Waals surface area contributed by atoms with Gasteiger partial charge in [0.25, 0.3) is 11.5 Å². The van der Waals surface area contributed by atoms with E-state index < -0.39 is 0 Å². The number of carbonyl (C=O) groups excluding carboxylic acids is 1. The highest BCUT2D eigenvalue weighted by atomic mass is 16.7. The zero-order valence-corrected chi connectivity index (χ0v) is 21.1. The third kappa shape index (κ3) is 4.56. The maximum Gasteiger partial charge on any atom is 0.279 e. The number of fused-ring (bicyclic) bond motifs is 2. The molecule has 0 spiro atoms. The van der Waals surface area contributed by atoms with Gasteiger partial charge in [-0.25, -0.2) is 0 Å². The van der Waals surface area contributed by atoms with E-state index in [0.29, 0.717) is 41.9 Å². The molecule has 1 saturated heterocycles. The predicted molar refractivity (Wildman–Crippen MR) is 142 cm³/mol. The Hall–Kier alpha value is -4.37. The van der Waals surface area contributed by atoms with Crippen LogP contribution >= 0.6 is 0 Å². The smallest absolute Gasteiger partial charge is 0.279 e. The van der Waals surface area contributed by atoms with E-state index in [9.17, 15) is 9.59 Å². The van der Waals surface area contributed by atoms with Crippen molar-refractivity contribution in [1.29, 1.82) is 0 Å². The summed E-state index contributed by atoms with van der Waals surface area (Å²) in [4.78, 5) is 31.1. The molecule has 3 heterocycles. The minimum atomic E-state index is -0.269. The molecule has 1 aromatic heterocycles. The van der Waals surface area contributed by atoms with Crippen molar-refractivity contribution in [1.82, 2.24) is 19.6 Å². The number of ether oxygens (including phenoxy) is 3. The monoisotopic (exact) mass is 512 g/mol. The van der Waals surface area contributed by atoms with Crippen LogP contribution in [0.15, 0.2) is 71.5 Å². The van der Waals surface area contributed by atoms with E-state index in [4.69, 9.17) is 14.2 Å². The summed E-state index contributed by atoms with van der Waals surface area (Å²) < 4.78 is 17.7. The lowest BCUT2D eigenvalue weighted by Crippen LogP contribution is -2.48. The summed E-state index contributed by atoms with van der Waals surface area (Å²) in [5.74, 6) is 2.08. The Balaban J connectivity index is 1.23. The first-order valence-electron chi connectivity index (χ1n) is 12.8. The second-order valence-corrected chi connectivity index (χ2v) is 9.29. The zero-order valence-electron chi connectivity index (χ0n) is 21.1. The van der Waals surface area contributed by atoms with Crippen molar-refractivity contribution in [2.75, 3.05) is 39.6 Å². The van der Waals surface area contributed by atoms with Gasteiger partial charge < -0.3 is 19.1 Å². The van der Waals surface area contributed by atoms with Gasteiger partial charge in [-0.05, 0) is 55.0 Å². The van der Waals surface area contributed by atoms with Crippen molar-refractivity contribution in [3.05, 3.63) is 88.3 Å². The van der Waals surface area contributed by atoms with Crippen LogP contribution in [0.3, 0.4) is 0 Å².